The number of rotatable bonds is 6. The maximum atomic E-state index is 5.61. The summed E-state index contributed by atoms with van der Waals surface area (Å²) in [5.74, 6) is 1.44. The predicted molar refractivity (Wildman–Crippen MR) is 110 cm³/mol. The van der Waals surface area contributed by atoms with Crippen molar-refractivity contribution >= 4 is 5.96 Å². The van der Waals surface area contributed by atoms with Crippen LogP contribution in [0.15, 0.2) is 64.2 Å². The SMILES string of the molecule is CN=C(NCCc1coc(-c2ccc(C)cc2)n1)NCc1cccc(C)c1. The monoisotopic (exact) mass is 362 g/mol. The molecule has 27 heavy (non-hydrogen) atoms. The maximum absolute atomic E-state index is 5.61. The van der Waals surface area contributed by atoms with Gasteiger partial charge in [0.15, 0.2) is 5.96 Å². The highest BCUT2D eigenvalue weighted by atomic mass is 16.3. The number of oxazole rings is 1. The van der Waals surface area contributed by atoms with Crippen molar-refractivity contribution in [3.63, 3.8) is 0 Å². The minimum absolute atomic E-state index is 0.659. The van der Waals surface area contributed by atoms with Crippen LogP contribution in [-0.4, -0.2) is 24.5 Å². The second-order valence-corrected chi connectivity index (χ2v) is 6.60. The number of aliphatic imine (C=N–C) groups is 1. The number of hydrogen-bond donors (Lipinski definition) is 2. The summed E-state index contributed by atoms with van der Waals surface area (Å²) in [4.78, 5) is 8.84. The van der Waals surface area contributed by atoms with Crippen LogP contribution < -0.4 is 10.6 Å². The number of guanidine groups is 1. The Morgan fingerprint density at radius 1 is 1.04 bits per heavy atom. The highest BCUT2D eigenvalue weighted by molar-refractivity contribution is 5.79. The van der Waals surface area contributed by atoms with Crippen LogP contribution in [0.25, 0.3) is 11.5 Å². The number of aromatic nitrogens is 1. The van der Waals surface area contributed by atoms with Gasteiger partial charge in [-0.25, -0.2) is 4.98 Å². The molecule has 2 N–H and O–H groups in total. The van der Waals surface area contributed by atoms with E-state index < -0.39 is 0 Å². The van der Waals surface area contributed by atoms with Gasteiger partial charge in [-0.2, -0.15) is 0 Å². The van der Waals surface area contributed by atoms with E-state index in [1.165, 1.54) is 16.7 Å². The van der Waals surface area contributed by atoms with E-state index in [1.807, 2.05) is 12.1 Å². The Morgan fingerprint density at radius 3 is 2.59 bits per heavy atom. The number of benzene rings is 2. The molecule has 0 aliphatic heterocycles. The molecule has 5 heteroatoms. The minimum atomic E-state index is 0.659. The van der Waals surface area contributed by atoms with E-state index in [0.29, 0.717) is 5.89 Å². The van der Waals surface area contributed by atoms with Crippen molar-refractivity contribution in [1.82, 2.24) is 15.6 Å². The van der Waals surface area contributed by atoms with Gasteiger partial charge in [-0.15, -0.1) is 0 Å². The molecule has 3 aromatic rings. The highest BCUT2D eigenvalue weighted by Crippen LogP contribution is 2.19. The van der Waals surface area contributed by atoms with Gasteiger partial charge in [0.2, 0.25) is 5.89 Å². The lowest BCUT2D eigenvalue weighted by atomic mass is 10.1. The molecule has 0 aliphatic carbocycles. The molecule has 2 aromatic carbocycles. The fraction of sp³-hybridized carbons (Fsp3) is 0.273. The van der Waals surface area contributed by atoms with Crippen LogP contribution in [0.1, 0.15) is 22.4 Å². The van der Waals surface area contributed by atoms with Crippen LogP contribution in [0.5, 0.6) is 0 Å². The number of aryl methyl sites for hydroxylation is 2. The van der Waals surface area contributed by atoms with E-state index in [1.54, 1.807) is 13.3 Å². The first-order valence-electron chi connectivity index (χ1n) is 9.15. The quantitative estimate of drug-likeness (QED) is 0.516. The molecule has 3 rings (SSSR count). The lowest BCUT2D eigenvalue weighted by molar-refractivity contribution is 0.572. The third kappa shape index (κ3) is 5.45. The van der Waals surface area contributed by atoms with Crippen LogP contribution in [0, 0.1) is 13.8 Å². The number of nitrogens with one attached hydrogen (secondary N) is 2. The topological polar surface area (TPSA) is 62.5 Å². The molecule has 0 saturated carbocycles. The third-order valence-electron chi connectivity index (χ3n) is 4.29. The molecule has 0 saturated heterocycles. The van der Waals surface area contributed by atoms with Crippen molar-refractivity contribution < 1.29 is 4.42 Å². The summed E-state index contributed by atoms with van der Waals surface area (Å²) in [6.45, 7) is 5.63. The Hall–Kier alpha value is -3.08. The summed E-state index contributed by atoms with van der Waals surface area (Å²) >= 11 is 0. The van der Waals surface area contributed by atoms with Gasteiger partial charge in [0.1, 0.15) is 6.26 Å². The third-order valence-corrected chi connectivity index (χ3v) is 4.29. The number of hydrogen-bond acceptors (Lipinski definition) is 3. The Kier molecular flexibility index (Phi) is 6.26. The zero-order chi connectivity index (χ0) is 19.1. The van der Waals surface area contributed by atoms with Crippen LogP contribution in [0.3, 0.4) is 0 Å². The van der Waals surface area contributed by atoms with Gasteiger partial charge < -0.3 is 15.1 Å². The summed E-state index contributed by atoms with van der Waals surface area (Å²) < 4.78 is 5.61. The van der Waals surface area contributed by atoms with Gasteiger partial charge in [-0.1, -0.05) is 47.5 Å². The van der Waals surface area contributed by atoms with Crippen LogP contribution in [0.2, 0.25) is 0 Å². The highest BCUT2D eigenvalue weighted by Gasteiger charge is 2.07. The Balaban J connectivity index is 1.47. The molecule has 0 fully saturated rings. The molecule has 0 atom stereocenters. The minimum Gasteiger partial charge on any atom is -0.444 e. The predicted octanol–water partition coefficient (Wildman–Crippen LogP) is 3.87. The molecule has 0 amide bonds. The second kappa shape index (κ2) is 9.03. The van der Waals surface area contributed by atoms with Crippen molar-refractivity contribution in [1.29, 1.82) is 0 Å². The van der Waals surface area contributed by atoms with Crippen molar-refractivity contribution in [2.24, 2.45) is 4.99 Å². The zero-order valence-electron chi connectivity index (χ0n) is 16.1. The molecule has 0 aliphatic rings. The van der Waals surface area contributed by atoms with Gasteiger partial charge in [0, 0.05) is 32.1 Å². The van der Waals surface area contributed by atoms with E-state index in [-0.39, 0.29) is 0 Å². The van der Waals surface area contributed by atoms with E-state index >= 15 is 0 Å². The molecule has 140 valence electrons. The van der Waals surface area contributed by atoms with Crippen LogP contribution >= 0.6 is 0 Å². The normalized spacial score (nSPS) is 11.4. The fourth-order valence-corrected chi connectivity index (χ4v) is 2.79. The van der Waals surface area contributed by atoms with Gasteiger partial charge in [0.05, 0.1) is 5.69 Å². The van der Waals surface area contributed by atoms with Gasteiger partial charge >= 0.3 is 0 Å². The van der Waals surface area contributed by atoms with Crippen molar-refractivity contribution in [2.75, 3.05) is 13.6 Å². The van der Waals surface area contributed by atoms with E-state index in [9.17, 15) is 0 Å². The standard InChI is InChI=1S/C22H26N4O/c1-16-7-9-19(10-8-16)21-26-20(15-27-21)11-12-24-22(23-3)25-14-18-6-4-5-17(2)13-18/h4-10,13,15H,11-12,14H2,1-3H3,(H2,23,24,25). The first-order chi connectivity index (χ1) is 13.1. The largest absolute Gasteiger partial charge is 0.444 e. The summed E-state index contributed by atoms with van der Waals surface area (Å²) in [5.41, 5.74) is 5.63. The maximum Gasteiger partial charge on any atom is 0.226 e. The summed E-state index contributed by atoms with van der Waals surface area (Å²) in [6.07, 6.45) is 2.49. The van der Waals surface area contributed by atoms with Crippen molar-refractivity contribution in [2.45, 2.75) is 26.8 Å². The molecule has 1 heterocycles. The molecule has 0 bridgehead atoms. The molecular formula is C22H26N4O. The fourth-order valence-electron chi connectivity index (χ4n) is 2.79. The van der Waals surface area contributed by atoms with Crippen molar-refractivity contribution in [3.8, 4) is 11.5 Å². The molecule has 5 nitrogen and oxygen atoms in total. The van der Waals surface area contributed by atoms with Crippen LogP contribution in [-0.2, 0) is 13.0 Å². The Morgan fingerprint density at radius 2 is 1.85 bits per heavy atom. The first-order valence-corrected chi connectivity index (χ1v) is 9.15. The molecule has 0 unspecified atom stereocenters. The van der Waals surface area contributed by atoms with Gasteiger partial charge in [-0.3, -0.25) is 4.99 Å². The van der Waals surface area contributed by atoms with Crippen LogP contribution in [0.4, 0.5) is 0 Å². The smallest absolute Gasteiger partial charge is 0.226 e. The summed E-state index contributed by atoms with van der Waals surface area (Å²) in [6, 6.07) is 16.6. The summed E-state index contributed by atoms with van der Waals surface area (Å²) in [5, 5.41) is 6.65. The first kappa shape index (κ1) is 18.7. The number of nitrogens with zero attached hydrogens (tertiary/aromatic N) is 2. The van der Waals surface area contributed by atoms with E-state index in [4.69, 9.17) is 4.42 Å². The molecule has 1 aromatic heterocycles. The summed E-state index contributed by atoms with van der Waals surface area (Å²) in [7, 11) is 1.77. The average Bonchev–Trinajstić information content (AvgIpc) is 3.14. The molecule has 0 radical (unpaired) electrons. The molecule has 0 spiro atoms. The van der Waals surface area contributed by atoms with Gasteiger partial charge in [-0.05, 0) is 31.5 Å². The lowest BCUT2D eigenvalue weighted by Gasteiger charge is -2.11. The van der Waals surface area contributed by atoms with Crippen molar-refractivity contribution in [3.05, 3.63) is 77.2 Å². The zero-order valence-corrected chi connectivity index (χ0v) is 16.1. The van der Waals surface area contributed by atoms with E-state index in [0.717, 1.165) is 36.7 Å². The second-order valence-electron chi connectivity index (χ2n) is 6.60. The Bertz CT molecular complexity index is 897. The molecular weight excluding hydrogens is 336 g/mol. The van der Waals surface area contributed by atoms with Gasteiger partial charge in [0.25, 0.3) is 0 Å². The Labute approximate surface area is 160 Å². The average molecular weight is 362 g/mol. The van der Waals surface area contributed by atoms with E-state index in [2.05, 4.69) is 70.9 Å². The lowest BCUT2D eigenvalue weighted by Crippen LogP contribution is -2.37.